The predicted octanol–water partition coefficient (Wildman–Crippen LogP) is 1.12. The largest absolute Gasteiger partial charge is 0.383 e. The van der Waals surface area contributed by atoms with Gasteiger partial charge in [0.05, 0.1) is 6.61 Å². The summed E-state index contributed by atoms with van der Waals surface area (Å²) in [6.45, 7) is 4.03. The molecule has 0 atom stereocenters. The molecule has 14 heavy (non-hydrogen) atoms. The van der Waals surface area contributed by atoms with Crippen LogP contribution in [0.2, 0.25) is 0 Å². The van der Waals surface area contributed by atoms with Crippen molar-refractivity contribution in [3.63, 3.8) is 0 Å². The molecular weight excluding hydrogens is 176 g/mol. The van der Waals surface area contributed by atoms with Crippen LogP contribution < -0.4 is 0 Å². The van der Waals surface area contributed by atoms with E-state index < -0.39 is 0 Å². The van der Waals surface area contributed by atoms with Crippen molar-refractivity contribution in [3.8, 4) is 0 Å². The van der Waals surface area contributed by atoms with Gasteiger partial charge in [0.2, 0.25) is 0 Å². The third-order valence-corrected chi connectivity index (χ3v) is 2.89. The molecule has 0 amide bonds. The first-order valence-corrected chi connectivity index (χ1v) is 5.15. The number of ether oxygens (including phenoxy) is 1. The molecule has 2 rings (SSSR count). The van der Waals surface area contributed by atoms with Gasteiger partial charge < -0.3 is 14.2 Å². The SMILES string of the molecule is COCCn1ccc2c1CN(C)CC2. The highest BCUT2D eigenvalue weighted by molar-refractivity contribution is 5.24. The lowest BCUT2D eigenvalue weighted by molar-refractivity contribution is 0.184. The third kappa shape index (κ3) is 1.83. The molecule has 0 aliphatic carbocycles. The predicted molar refractivity (Wildman–Crippen MR) is 56.3 cm³/mol. The fourth-order valence-corrected chi connectivity index (χ4v) is 2.02. The Morgan fingerprint density at radius 2 is 2.36 bits per heavy atom. The smallest absolute Gasteiger partial charge is 0.0641 e. The molecule has 1 aliphatic rings. The van der Waals surface area contributed by atoms with Crippen LogP contribution in [0.1, 0.15) is 11.3 Å². The second-order valence-corrected chi connectivity index (χ2v) is 3.96. The van der Waals surface area contributed by atoms with Crippen molar-refractivity contribution in [2.24, 2.45) is 0 Å². The topological polar surface area (TPSA) is 17.4 Å². The molecule has 1 aromatic heterocycles. The lowest BCUT2D eigenvalue weighted by Crippen LogP contribution is -2.28. The normalized spacial score (nSPS) is 17.0. The summed E-state index contributed by atoms with van der Waals surface area (Å²) in [5.41, 5.74) is 2.98. The molecule has 0 fully saturated rings. The van der Waals surface area contributed by atoms with Crippen molar-refractivity contribution in [1.29, 1.82) is 0 Å². The van der Waals surface area contributed by atoms with Crippen LogP contribution >= 0.6 is 0 Å². The van der Waals surface area contributed by atoms with Gasteiger partial charge in [-0.1, -0.05) is 0 Å². The van der Waals surface area contributed by atoms with E-state index in [1.54, 1.807) is 7.11 Å². The second kappa shape index (κ2) is 4.15. The van der Waals surface area contributed by atoms with E-state index in [0.717, 1.165) is 19.7 Å². The van der Waals surface area contributed by atoms with E-state index in [9.17, 15) is 0 Å². The van der Waals surface area contributed by atoms with E-state index in [1.165, 1.54) is 24.2 Å². The molecule has 0 spiro atoms. The Morgan fingerprint density at radius 3 is 3.14 bits per heavy atom. The van der Waals surface area contributed by atoms with E-state index >= 15 is 0 Å². The number of hydrogen-bond acceptors (Lipinski definition) is 2. The lowest BCUT2D eigenvalue weighted by atomic mass is 10.1. The van der Waals surface area contributed by atoms with Crippen LogP contribution in [0.5, 0.6) is 0 Å². The minimum absolute atomic E-state index is 0.796. The zero-order valence-corrected chi connectivity index (χ0v) is 8.99. The van der Waals surface area contributed by atoms with Gasteiger partial charge in [0.25, 0.3) is 0 Å². The highest BCUT2D eigenvalue weighted by Gasteiger charge is 2.16. The number of aromatic nitrogens is 1. The van der Waals surface area contributed by atoms with Gasteiger partial charge in [-0.2, -0.15) is 0 Å². The molecule has 1 aliphatic heterocycles. The van der Waals surface area contributed by atoms with Crippen molar-refractivity contribution < 1.29 is 4.74 Å². The Bertz CT molecular complexity index is 306. The van der Waals surface area contributed by atoms with Gasteiger partial charge in [-0.25, -0.2) is 0 Å². The number of nitrogens with zero attached hydrogens (tertiary/aromatic N) is 2. The van der Waals surface area contributed by atoms with E-state index in [2.05, 4.69) is 28.8 Å². The summed E-state index contributed by atoms with van der Waals surface area (Å²) in [5.74, 6) is 0. The summed E-state index contributed by atoms with van der Waals surface area (Å²) in [5, 5.41) is 0. The molecule has 0 saturated heterocycles. The van der Waals surface area contributed by atoms with Gasteiger partial charge in [0.15, 0.2) is 0 Å². The quantitative estimate of drug-likeness (QED) is 0.717. The maximum atomic E-state index is 5.10. The van der Waals surface area contributed by atoms with Gasteiger partial charge in [0, 0.05) is 38.6 Å². The molecular formula is C11H18N2O. The summed E-state index contributed by atoms with van der Waals surface area (Å²) >= 11 is 0. The Hall–Kier alpha value is -0.800. The Kier molecular flexibility index (Phi) is 2.89. The first kappa shape index (κ1) is 9.74. The monoisotopic (exact) mass is 194 g/mol. The third-order valence-electron chi connectivity index (χ3n) is 2.89. The number of hydrogen-bond donors (Lipinski definition) is 0. The minimum Gasteiger partial charge on any atom is -0.383 e. The standard InChI is InChI=1S/C11H18N2O/c1-12-5-3-10-4-6-13(7-8-14-2)11(10)9-12/h4,6H,3,5,7-9H2,1-2H3. The zero-order valence-electron chi connectivity index (χ0n) is 8.99. The van der Waals surface area contributed by atoms with Gasteiger partial charge >= 0.3 is 0 Å². The van der Waals surface area contributed by atoms with Crippen molar-refractivity contribution >= 4 is 0 Å². The molecule has 0 saturated carbocycles. The van der Waals surface area contributed by atoms with E-state index in [4.69, 9.17) is 4.74 Å². The van der Waals surface area contributed by atoms with Gasteiger partial charge in [-0.15, -0.1) is 0 Å². The zero-order chi connectivity index (χ0) is 9.97. The fourth-order valence-electron chi connectivity index (χ4n) is 2.02. The van der Waals surface area contributed by atoms with Crippen LogP contribution in [0.4, 0.5) is 0 Å². The maximum absolute atomic E-state index is 5.10. The van der Waals surface area contributed by atoms with Crippen LogP contribution in [0.3, 0.4) is 0 Å². The van der Waals surface area contributed by atoms with Crippen LogP contribution in [-0.4, -0.2) is 36.8 Å². The van der Waals surface area contributed by atoms with Crippen molar-refractivity contribution in [2.75, 3.05) is 27.3 Å². The van der Waals surface area contributed by atoms with Crippen molar-refractivity contribution in [1.82, 2.24) is 9.47 Å². The summed E-state index contributed by atoms with van der Waals surface area (Å²) in [6.07, 6.45) is 3.37. The number of fused-ring (bicyclic) bond motifs is 1. The van der Waals surface area contributed by atoms with Crippen molar-refractivity contribution in [3.05, 3.63) is 23.5 Å². The summed E-state index contributed by atoms with van der Waals surface area (Å²) < 4.78 is 7.41. The van der Waals surface area contributed by atoms with Crippen molar-refractivity contribution in [2.45, 2.75) is 19.5 Å². The number of rotatable bonds is 3. The maximum Gasteiger partial charge on any atom is 0.0641 e. The van der Waals surface area contributed by atoms with Crippen LogP contribution in [-0.2, 0) is 24.2 Å². The average Bonchev–Trinajstić information content (AvgIpc) is 2.57. The molecule has 0 radical (unpaired) electrons. The lowest BCUT2D eigenvalue weighted by Gasteiger charge is -2.24. The van der Waals surface area contributed by atoms with E-state index in [0.29, 0.717) is 0 Å². The average molecular weight is 194 g/mol. The van der Waals surface area contributed by atoms with Crippen LogP contribution in [0.15, 0.2) is 12.3 Å². The van der Waals surface area contributed by atoms with Gasteiger partial charge in [-0.3, -0.25) is 0 Å². The first-order valence-electron chi connectivity index (χ1n) is 5.15. The number of methoxy groups -OCH3 is 1. The van der Waals surface area contributed by atoms with Gasteiger partial charge in [0.1, 0.15) is 0 Å². The van der Waals surface area contributed by atoms with E-state index in [-0.39, 0.29) is 0 Å². The first-order chi connectivity index (χ1) is 6.81. The number of likely N-dealkylation sites (N-methyl/N-ethyl adjacent to an activating group) is 1. The van der Waals surface area contributed by atoms with Crippen LogP contribution in [0, 0.1) is 0 Å². The van der Waals surface area contributed by atoms with Crippen LogP contribution in [0.25, 0.3) is 0 Å². The molecule has 1 aromatic rings. The van der Waals surface area contributed by atoms with Gasteiger partial charge in [-0.05, 0) is 25.1 Å². The molecule has 2 heterocycles. The molecule has 0 bridgehead atoms. The molecule has 3 nitrogen and oxygen atoms in total. The molecule has 3 heteroatoms. The summed E-state index contributed by atoms with van der Waals surface area (Å²) in [4.78, 5) is 2.37. The molecule has 78 valence electrons. The summed E-state index contributed by atoms with van der Waals surface area (Å²) in [7, 11) is 3.93. The Labute approximate surface area is 85.3 Å². The van der Waals surface area contributed by atoms with E-state index in [1.807, 2.05) is 0 Å². The minimum atomic E-state index is 0.796. The Balaban J connectivity index is 2.13. The Morgan fingerprint density at radius 1 is 1.50 bits per heavy atom. The molecule has 0 unspecified atom stereocenters. The highest BCUT2D eigenvalue weighted by Crippen LogP contribution is 2.18. The highest BCUT2D eigenvalue weighted by atomic mass is 16.5. The molecule has 0 N–H and O–H groups in total. The second-order valence-electron chi connectivity index (χ2n) is 3.96. The fraction of sp³-hybridized carbons (Fsp3) is 0.636. The molecule has 0 aromatic carbocycles. The summed E-state index contributed by atoms with van der Waals surface area (Å²) in [6, 6.07) is 2.25.